The van der Waals surface area contributed by atoms with Crippen molar-refractivity contribution < 1.29 is 28.8 Å². The minimum Gasteiger partial charge on any atom is -0.462 e. The van der Waals surface area contributed by atoms with Crippen molar-refractivity contribution in [3.8, 4) is 0 Å². The first-order valence-corrected chi connectivity index (χ1v) is 8.40. The Balaban J connectivity index is 2.31. The van der Waals surface area contributed by atoms with Gasteiger partial charge in [0.15, 0.2) is 0 Å². The number of amides is 1. The third-order valence-corrected chi connectivity index (χ3v) is 3.55. The van der Waals surface area contributed by atoms with Gasteiger partial charge in [0.1, 0.15) is 0 Å². The van der Waals surface area contributed by atoms with Crippen LogP contribution in [0.25, 0.3) is 0 Å². The van der Waals surface area contributed by atoms with Gasteiger partial charge in [-0.2, -0.15) is 0 Å². The number of rotatable bonds is 7. The number of esters is 2. The van der Waals surface area contributed by atoms with Crippen LogP contribution in [0.2, 0.25) is 0 Å². The monoisotopic (exact) mass is 386 g/mol. The van der Waals surface area contributed by atoms with Crippen molar-refractivity contribution in [1.29, 1.82) is 0 Å². The molecule has 146 valence electrons. The van der Waals surface area contributed by atoms with E-state index in [0.29, 0.717) is 0 Å². The molecule has 0 saturated carbocycles. The summed E-state index contributed by atoms with van der Waals surface area (Å²) in [6.45, 7) is 3.58. The highest BCUT2D eigenvalue weighted by molar-refractivity contribution is 6.06. The molecule has 0 saturated heterocycles. The number of nitro benzene ring substituents is 1. The van der Waals surface area contributed by atoms with Gasteiger partial charge in [0.05, 0.1) is 29.3 Å². The van der Waals surface area contributed by atoms with E-state index in [9.17, 15) is 24.5 Å². The predicted octanol–water partition coefficient (Wildman–Crippen LogP) is 3.20. The lowest BCUT2D eigenvalue weighted by Crippen LogP contribution is -2.15. The molecule has 0 aliphatic heterocycles. The summed E-state index contributed by atoms with van der Waals surface area (Å²) < 4.78 is 9.87. The van der Waals surface area contributed by atoms with Crippen LogP contribution >= 0.6 is 0 Å². The van der Waals surface area contributed by atoms with Crippen LogP contribution in [-0.2, 0) is 9.47 Å². The summed E-state index contributed by atoms with van der Waals surface area (Å²) in [7, 11) is 0. The molecule has 1 amide bonds. The van der Waals surface area contributed by atoms with E-state index in [0.717, 1.165) is 0 Å². The number of hydrogen-bond donors (Lipinski definition) is 1. The number of anilines is 1. The first-order chi connectivity index (χ1) is 13.3. The molecular weight excluding hydrogens is 368 g/mol. The second kappa shape index (κ2) is 9.26. The highest BCUT2D eigenvalue weighted by Crippen LogP contribution is 2.19. The van der Waals surface area contributed by atoms with Gasteiger partial charge in [-0.1, -0.05) is 0 Å². The summed E-state index contributed by atoms with van der Waals surface area (Å²) in [5, 5.41) is 13.3. The molecule has 0 bridgehead atoms. The molecule has 2 aromatic rings. The van der Waals surface area contributed by atoms with E-state index in [-0.39, 0.29) is 41.3 Å². The average molecular weight is 386 g/mol. The van der Waals surface area contributed by atoms with Gasteiger partial charge in [0.2, 0.25) is 0 Å². The fourth-order valence-electron chi connectivity index (χ4n) is 2.30. The Bertz CT molecular complexity index is 871. The maximum Gasteiger partial charge on any atom is 0.338 e. The van der Waals surface area contributed by atoms with Crippen molar-refractivity contribution in [2.45, 2.75) is 13.8 Å². The highest BCUT2D eigenvalue weighted by Gasteiger charge is 2.16. The maximum absolute atomic E-state index is 12.4. The molecule has 2 aromatic carbocycles. The number of non-ortho nitro benzene ring substituents is 1. The smallest absolute Gasteiger partial charge is 0.338 e. The van der Waals surface area contributed by atoms with E-state index in [2.05, 4.69) is 5.32 Å². The van der Waals surface area contributed by atoms with Gasteiger partial charge in [0, 0.05) is 23.4 Å². The molecular formula is C19H18N2O7. The van der Waals surface area contributed by atoms with Crippen LogP contribution in [-0.4, -0.2) is 36.0 Å². The van der Waals surface area contributed by atoms with Gasteiger partial charge in [-0.3, -0.25) is 14.9 Å². The Labute approximate surface area is 160 Å². The minimum atomic E-state index is -0.653. The molecule has 0 aromatic heterocycles. The third kappa shape index (κ3) is 5.13. The molecule has 0 atom stereocenters. The predicted molar refractivity (Wildman–Crippen MR) is 99.4 cm³/mol. The lowest BCUT2D eigenvalue weighted by molar-refractivity contribution is -0.384. The summed E-state index contributed by atoms with van der Waals surface area (Å²) in [5.74, 6) is -1.87. The van der Waals surface area contributed by atoms with Gasteiger partial charge in [-0.05, 0) is 44.2 Å². The van der Waals surface area contributed by atoms with E-state index in [4.69, 9.17) is 9.47 Å². The summed E-state index contributed by atoms with van der Waals surface area (Å²) >= 11 is 0. The molecule has 2 rings (SSSR count). The molecule has 0 unspecified atom stereocenters. The molecule has 0 heterocycles. The van der Waals surface area contributed by atoms with Crippen LogP contribution < -0.4 is 5.32 Å². The normalized spacial score (nSPS) is 10.1. The number of hydrogen-bond acceptors (Lipinski definition) is 7. The number of benzene rings is 2. The first-order valence-electron chi connectivity index (χ1n) is 8.40. The maximum atomic E-state index is 12.4. The fourth-order valence-corrected chi connectivity index (χ4v) is 2.30. The van der Waals surface area contributed by atoms with Crippen LogP contribution in [0.5, 0.6) is 0 Å². The topological polar surface area (TPSA) is 125 Å². The van der Waals surface area contributed by atoms with Crippen LogP contribution in [0.1, 0.15) is 44.9 Å². The summed E-state index contributed by atoms with van der Waals surface area (Å²) in [6, 6.07) is 9.05. The molecule has 0 radical (unpaired) electrons. The number of carbonyl (C=O) groups excluding carboxylic acids is 3. The van der Waals surface area contributed by atoms with E-state index in [1.165, 1.54) is 42.5 Å². The van der Waals surface area contributed by atoms with Crippen molar-refractivity contribution in [3.05, 3.63) is 69.3 Å². The number of ether oxygens (including phenoxy) is 2. The third-order valence-electron chi connectivity index (χ3n) is 3.55. The molecule has 0 fully saturated rings. The summed E-state index contributed by atoms with van der Waals surface area (Å²) in [5.41, 5.74) is 0.352. The van der Waals surface area contributed by atoms with Crippen LogP contribution in [0.15, 0.2) is 42.5 Å². The largest absolute Gasteiger partial charge is 0.462 e. The molecule has 9 heteroatoms. The fraction of sp³-hybridized carbons (Fsp3) is 0.211. The molecule has 28 heavy (non-hydrogen) atoms. The quantitative estimate of drug-likeness (QED) is 0.440. The Hall–Kier alpha value is -3.75. The minimum absolute atomic E-state index is 0.0754. The SMILES string of the molecule is CCOC(=O)c1cc(NC(=O)c2ccc([N+](=O)[O-])cc2)cc(C(=O)OCC)c1. The van der Waals surface area contributed by atoms with E-state index < -0.39 is 22.8 Å². The Morgan fingerprint density at radius 3 is 1.82 bits per heavy atom. The molecule has 1 N–H and O–H groups in total. The molecule has 9 nitrogen and oxygen atoms in total. The molecule has 0 aliphatic rings. The zero-order valence-corrected chi connectivity index (χ0v) is 15.3. The van der Waals surface area contributed by atoms with Crippen molar-refractivity contribution >= 4 is 29.2 Å². The van der Waals surface area contributed by atoms with Crippen molar-refractivity contribution in [2.24, 2.45) is 0 Å². The first kappa shape index (κ1) is 20.6. The average Bonchev–Trinajstić information content (AvgIpc) is 2.68. The highest BCUT2D eigenvalue weighted by atomic mass is 16.6. The zero-order valence-electron chi connectivity index (χ0n) is 15.3. The number of nitrogens with one attached hydrogen (secondary N) is 1. The van der Waals surface area contributed by atoms with E-state index in [1.54, 1.807) is 13.8 Å². The van der Waals surface area contributed by atoms with Gasteiger partial charge in [0.25, 0.3) is 11.6 Å². The second-order valence-corrected chi connectivity index (χ2v) is 5.50. The number of nitro groups is 1. The van der Waals surface area contributed by atoms with E-state index in [1.807, 2.05) is 0 Å². The zero-order chi connectivity index (χ0) is 20.7. The van der Waals surface area contributed by atoms with Crippen molar-refractivity contribution in [3.63, 3.8) is 0 Å². The Kier molecular flexibility index (Phi) is 6.80. The summed E-state index contributed by atoms with van der Waals surface area (Å²) in [6.07, 6.45) is 0. The van der Waals surface area contributed by atoms with Crippen molar-refractivity contribution in [2.75, 3.05) is 18.5 Å². The van der Waals surface area contributed by atoms with Crippen LogP contribution in [0.3, 0.4) is 0 Å². The van der Waals surface area contributed by atoms with Gasteiger partial charge in [-0.25, -0.2) is 9.59 Å². The lowest BCUT2D eigenvalue weighted by Gasteiger charge is -2.10. The standard InChI is InChI=1S/C19H18N2O7/c1-3-27-18(23)13-9-14(19(24)28-4-2)11-15(10-13)20-17(22)12-5-7-16(8-6-12)21(25)26/h5-11H,3-4H2,1-2H3,(H,20,22). The second-order valence-electron chi connectivity index (χ2n) is 5.50. The lowest BCUT2D eigenvalue weighted by atomic mass is 10.1. The molecule has 0 aliphatic carbocycles. The van der Waals surface area contributed by atoms with Gasteiger partial charge in [-0.15, -0.1) is 0 Å². The van der Waals surface area contributed by atoms with Crippen LogP contribution in [0.4, 0.5) is 11.4 Å². The molecule has 0 spiro atoms. The number of carbonyl (C=O) groups is 3. The van der Waals surface area contributed by atoms with E-state index >= 15 is 0 Å². The van der Waals surface area contributed by atoms with Gasteiger partial charge >= 0.3 is 11.9 Å². The van der Waals surface area contributed by atoms with Crippen molar-refractivity contribution in [1.82, 2.24) is 0 Å². The van der Waals surface area contributed by atoms with Gasteiger partial charge < -0.3 is 14.8 Å². The Morgan fingerprint density at radius 2 is 1.39 bits per heavy atom. The van der Waals surface area contributed by atoms with Crippen LogP contribution in [0, 0.1) is 10.1 Å². The Morgan fingerprint density at radius 1 is 0.893 bits per heavy atom. The number of nitrogens with zero attached hydrogens (tertiary/aromatic N) is 1. The summed E-state index contributed by atoms with van der Waals surface area (Å²) in [4.78, 5) is 46.6.